The Morgan fingerprint density at radius 2 is 2.18 bits per heavy atom. The molecule has 0 spiro atoms. The first-order valence-electron chi connectivity index (χ1n) is 8.70. The number of nitrogens with one attached hydrogen (secondary N) is 1. The molecule has 1 aliphatic rings. The number of halogens is 1. The number of rotatable bonds is 5. The first-order chi connectivity index (χ1) is 13.5. The fourth-order valence-electron chi connectivity index (χ4n) is 2.99. The van der Waals surface area contributed by atoms with Crippen molar-refractivity contribution in [3.05, 3.63) is 64.0 Å². The topological polar surface area (TPSA) is 90.0 Å². The van der Waals surface area contributed by atoms with Gasteiger partial charge >= 0.3 is 0 Å². The van der Waals surface area contributed by atoms with E-state index in [1.165, 1.54) is 23.9 Å². The Morgan fingerprint density at radius 3 is 2.96 bits per heavy atom. The largest absolute Gasteiger partial charge is 0.356 e. The Labute approximate surface area is 164 Å². The maximum Gasteiger partial charge on any atom is 0.257 e. The molecule has 0 saturated heterocycles. The number of carbonyl (C=O) groups is 1. The van der Waals surface area contributed by atoms with Gasteiger partial charge in [0, 0.05) is 35.6 Å². The molecule has 1 amide bonds. The molecule has 0 saturated carbocycles. The van der Waals surface area contributed by atoms with Gasteiger partial charge in [-0.3, -0.25) is 14.2 Å². The number of aryl methyl sites for hydroxylation is 1. The van der Waals surface area contributed by atoms with Crippen molar-refractivity contribution in [2.75, 3.05) is 5.75 Å². The van der Waals surface area contributed by atoms with Gasteiger partial charge < -0.3 is 9.84 Å². The minimum atomic E-state index is -0.327. The molecule has 1 atom stereocenters. The summed E-state index contributed by atoms with van der Waals surface area (Å²) in [5.74, 6) is 0.626. The van der Waals surface area contributed by atoms with E-state index in [1.54, 1.807) is 35.9 Å². The second-order valence-electron chi connectivity index (χ2n) is 6.53. The molecular formula is C19H17FN4O3S. The molecular weight excluding hydrogens is 383 g/mol. The predicted molar refractivity (Wildman–Crippen MR) is 101 cm³/mol. The van der Waals surface area contributed by atoms with Gasteiger partial charge in [-0.05, 0) is 31.2 Å². The third-order valence-corrected chi connectivity index (χ3v) is 5.59. The van der Waals surface area contributed by atoms with Crippen molar-refractivity contribution in [1.82, 2.24) is 20.0 Å². The van der Waals surface area contributed by atoms with E-state index < -0.39 is 0 Å². The van der Waals surface area contributed by atoms with Crippen LogP contribution in [0.3, 0.4) is 0 Å². The zero-order chi connectivity index (χ0) is 19.7. The van der Waals surface area contributed by atoms with Gasteiger partial charge in [0.2, 0.25) is 5.91 Å². The van der Waals surface area contributed by atoms with Crippen molar-refractivity contribution in [1.29, 1.82) is 0 Å². The molecule has 1 N–H and O–H groups in total. The molecule has 28 heavy (non-hydrogen) atoms. The quantitative estimate of drug-likeness (QED) is 0.663. The molecule has 4 rings (SSSR count). The van der Waals surface area contributed by atoms with Gasteiger partial charge in [-0.15, -0.1) is 0 Å². The number of hydrogen-bond acceptors (Lipinski definition) is 6. The Hall–Kier alpha value is -2.94. The minimum absolute atomic E-state index is 0.103. The van der Waals surface area contributed by atoms with E-state index in [0.29, 0.717) is 33.5 Å². The molecule has 1 unspecified atom stereocenters. The maximum absolute atomic E-state index is 13.0. The smallest absolute Gasteiger partial charge is 0.257 e. The van der Waals surface area contributed by atoms with Gasteiger partial charge in [0.1, 0.15) is 11.5 Å². The average molecular weight is 400 g/mol. The molecule has 0 fully saturated rings. The summed E-state index contributed by atoms with van der Waals surface area (Å²) >= 11 is 1.48. The van der Waals surface area contributed by atoms with E-state index >= 15 is 0 Å². The second-order valence-corrected chi connectivity index (χ2v) is 7.52. The zero-order valence-electron chi connectivity index (χ0n) is 15.0. The van der Waals surface area contributed by atoms with Gasteiger partial charge in [-0.25, -0.2) is 9.37 Å². The molecule has 2 aromatic heterocycles. The van der Waals surface area contributed by atoms with Crippen molar-refractivity contribution in [2.24, 2.45) is 0 Å². The van der Waals surface area contributed by atoms with Crippen LogP contribution < -0.4 is 10.9 Å². The minimum Gasteiger partial charge on any atom is -0.356 e. The summed E-state index contributed by atoms with van der Waals surface area (Å²) in [7, 11) is 0. The van der Waals surface area contributed by atoms with Crippen LogP contribution >= 0.6 is 11.8 Å². The molecule has 7 nitrogen and oxygen atoms in total. The number of hydrogen-bond donors (Lipinski definition) is 1. The third-order valence-electron chi connectivity index (χ3n) is 4.48. The molecule has 144 valence electrons. The highest BCUT2D eigenvalue weighted by Gasteiger charge is 2.27. The van der Waals surface area contributed by atoms with Gasteiger partial charge in [0.15, 0.2) is 10.9 Å². The van der Waals surface area contributed by atoms with Crippen molar-refractivity contribution in [3.8, 4) is 11.3 Å². The van der Waals surface area contributed by atoms with Crippen molar-refractivity contribution < 1.29 is 13.7 Å². The van der Waals surface area contributed by atoms with E-state index in [0.717, 1.165) is 0 Å². The van der Waals surface area contributed by atoms with E-state index in [9.17, 15) is 14.0 Å². The standard InChI is InChI=1S/C19H17FN4O3S/c1-11-8-22-19-24(18(11)26)15(10-28-19)7-17(25)21-9-14-6-16(27-23-14)12-2-4-13(20)5-3-12/h2-6,8,15H,7,9-10H2,1H3,(H,21,25). The molecule has 1 aromatic carbocycles. The van der Waals surface area contributed by atoms with Crippen LogP contribution in [0.5, 0.6) is 0 Å². The van der Waals surface area contributed by atoms with Crippen LogP contribution in [0.15, 0.2) is 51.0 Å². The zero-order valence-corrected chi connectivity index (χ0v) is 15.8. The molecule has 1 aliphatic heterocycles. The normalized spacial score (nSPS) is 15.4. The van der Waals surface area contributed by atoms with Crippen LogP contribution in [0.2, 0.25) is 0 Å². The average Bonchev–Trinajstić information content (AvgIpc) is 3.31. The van der Waals surface area contributed by atoms with E-state index in [4.69, 9.17) is 4.52 Å². The SMILES string of the molecule is Cc1cnc2n(c1=O)C(CC(=O)NCc1cc(-c3ccc(F)cc3)on1)CS2. The Bertz CT molecular complexity index is 1080. The molecule has 0 bridgehead atoms. The van der Waals surface area contributed by atoms with Crippen LogP contribution in [0.4, 0.5) is 4.39 Å². The number of benzene rings is 1. The maximum atomic E-state index is 13.0. The lowest BCUT2D eigenvalue weighted by Crippen LogP contribution is -2.31. The van der Waals surface area contributed by atoms with E-state index in [1.807, 2.05) is 0 Å². The second kappa shape index (κ2) is 7.59. The third kappa shape index (κ3) is 3.70. The lowest BCUT2D eigenvalue weighted by molar-refractivity contribution is -0.121. The van der Waals surface area contributed by atoms with Gasteiger partial charge in [0.05, 0.1) is 12.6 Å². The van der Waals surface area contributed by atoms with Gasteiger partial charge in [-0.2, -0.15) is 0 Å². The van der Waals surface area contributed by atoms with Crippen LogP contribution in [0.25, 0.3) is 11.3 Å². The summed E-state index contributed by atoms with van der Waals surface area (Å²) < 4.78 is 19.9. The highest BCUT2D eigenvalue weighted by Crippen LogP contribution is 2.31. The van der Waals surface area contributed by atoms with Crippen molar-refractivity contribution >= 4 is 17.7 Å². The van der Waals surface area contributed by atoms with E-state index in [2.05, 4.69) is 15.5 Å². The number of fused-ring (bicyclic) bond motifs is 1. The molecule has 3 aromatic rings. The van der Waals surface area contributed by atoms with Crippen LogP contribution in [0, 0.1) is 12.7 Å². The molecule has 3 heterocycles. The van der Waals surface area contributed by atoms with Crippen LogP contribution in [-0.4, -0.2) is 26.4 Å². The predicted octanol–water partition coefficient (Wildman–Crippen LogP) is 2.70. The monoisotopic (exact) mass is 400 g/mol. The highest BCUT2D eigenvalue weighted by molar-refractivity contribution is 7.99. The summed E-state index contributed by atoms with van der Waals surface area (Å²) in [5.41, 5.74) is 1.72. The number of carbonyl (C=O) groups excluding carboxylic acids is 1. The Morgan fingerprint density at radius 1 is 1.39 bits per heavy atom. The molecule has 0 aliphatic carbocycles. The van der Waals surface area contributed by atoms with Gasteiger partial charge in [-0.1, -0.05) is 16.9 Å². The fourth-order valence-corrected chi connectivity index (χ4v) is 4.10. The molecule has 0 radical (unpaired) electrons. The Balaban J connectivity index is 1.37. The summed E-state index contributed by atoms with van der Waals surface area (Å²) in [6, 6.07) is 7.37. The summed E-state index contributed by atoms with van der Waals surface area (Å²) in [5, 5.41) is 7.37. The number of nitrogens with zero attached hydrogens (tertiary/aromatic N) is 3. The fraction of sp³-hybridized carbons (Fsp3) is 0.263. The van der Waals surface area contributed by atoms with Gasteiger partial charge in [0.25, 0.3) is 5.56 Å². The number of amides is 1. The van der Waals surface area contributed by atoms with Crippen LogP contribution in [-0.2, 0) is 11.3 Å². The molecule has 9 heteroatoms. The summed E-state index contributed by atoms with van der Waals surface area (Å²) in [6.45, 7) is 1.92. The van der Waals surface area contributed by atoms with Crippen LogP contribution in [0.1, 0.15) is 23.7 Å². The highest BCUT2D eigenvalue weighted by atomic mass is 32.2. The summed E-state index contributed by atoms with van der Waals surface area (Å²) in [4.78, 5) is 28.9. The first kappa shape index (κ1) is 18.4. The Kier molecular flexibility index (Phi) is 4.99. The number of thioether (sulfide) groups is 1. The van der Waals surface area contributed by atoms with Crippen molar-refractivity contribution in [2.45, 2.75) is 31.1 Å². The first-order valence-corrected chi connectivity index (χ1v) is 9.69. The van der Waals surface area contributed by atoms with E-state index in [-0.39, 0.29) is 36.3 Å². The lowest BCUT2D eigenvalue weighted by Gasteiger charge is -2.13. The number of aromatic nitrogens is 3. The summed E-state index contributed by atoms with van der Waals surface area (Å²) in [6.07, 6.45) is 1.75. The lowest BCUT2D eigenvalue weighted by atomic mass is 10.1. The van der Waals surface area contributed by atoms with Crippen molar-refractivity contribution in [3.63, 3.8) is 0 Å².